The maximum Gasteiger partial charge on any atom is 4.00 e. The first-order valence-electron chi connectivity index (χ1n) is 1.27. The smallest absolute Gasteiger partial charge is 0.723 e. The Morgan fingerprint density at radius 2 is 1.50 bits per heavy atom. The fourth-order valence-corrected chi connectivity index (χ4v) is 0. The van der Waals surface area contributed by atoms with Gasteiger partial charge < -0.3 is 27.2 Å². The van der Waals surface area contributed by atoms with E-state index in [-0.39, 0.29) is 33.4 Å². The Balaban J connectivity index is -0.0000000600. The van der Waals surface area contributed by atoms with Crippen molar-refractivity contribution < 1.29 is 45.3 Å². The molecule has 0 saturated carbocycles. The van der Waals surface area contributed by atoms with E-state index < -0.39 is 13.3 Å². The first-order valence-corrected chi connectivity index (χ1v) is 2.89. The topological polar surface area (TPSA) is 170 Å². The molecule has 1 atom stereocenters. The number of nitrogens with two attached hydrogens (primary N) is 2. The molecule has 7 nitrogen and oxygen atoms in total. The molecule has 9 heteroatoms. The summed E-state index contributed by atoms with van der Waals surface area (Å²) in [7, 11) is -4.71. The van der Waals surface area contributed by atoms with Gasteiger partial charge in [0.1, 0.15) is 0 Å². The van der Waals surface area contributed by atoms with Crippen LogP contribution in [0.5, 0.6) is 0 Å². The van der Waals surface area contributed by atoms with Gasteiger partial charge in [-0.1, -0.05) is 0 Å². The third-order valence-corrected chi connectivity index (χ3v) is 0.802. The molecule has 0 aromatic rings. The summed E-state index contributed by atoms with van der Waals surface area (Å²) in [5, 5.41) is 5.83. The molecule has 0 rings (SSSR count). The summed E-state index contributed by atoms with van der Waals surface area (Å²) in [6, 6.07) is 0. The predicted molar refractivity (Wildman–Crippen MR) is 30.8 cm³/mol. The molecule has 10 heavy (non-hydrogen) atoms. The first-order chi connectivity index (χ1) is 2.94. The molecule has 0 bridgehead atoms. The van der Waals surface area contributed by atoms with Crippen molar-refractivity contribution in [3.8, 4) is 0 Å². The minimum atomic E-state index is -4.71. The van der Waals surface area contributed by atoms with Crippen molar-refractivity contribution >= 4 is 13.3 Å². The normalized spacial score (nSPS) is 12.6. The predicted octanol–water partition coefficient (Wildman–Crippen LogP) is -0.459. The molecule has 8 N–H and O–H groups in total. The van der Waals surface area contributed by atoms with Gasteiger partial charge in [-0.05, 0) is 0 Å². The molecule has 0 fully saturated rings. The van der Waals surface area contributed by atoms with Crippen LogP contribution in [-0.4, -0.2) is 15.7 Å². The maximum atomic E-state index is 9.49. The summed E-state index contributed by atoms with van der Waals surface area (Å²) in [6.45, 7) is 0. The molecule has 0 aliphatic rings. The van der Waals surface area contributed by atoms with Crippen molar-refractivity contribution in [3.63, 3.8) is 0 Å². The molecular weight excluding hydrogens is 346 g/mol. The molecule has 0 aromatic heterocycles. The summed E-state index contributed by atoms with van der Waals surface area (Å²) in [5.41, 5.74) is -1.84. The van der Waals surface area contributed by atoms with Crippen molar-refractivity contribution in [1.29, 1.82) is 0 Å². The Hall–Kier alpha value is 0.228. The monoisotopic (exact) mass is 354 g/mol. The summed E-state index contributed by atoms with van der Waals surface area (Å²) in [6.07, 6.45) is 0. The first kappa shape index (κ1) is 22.5. The van der Waals surface area contributed by atoms with Gasteiger partial charge >= 0.3 is 34.4 Å². The van der Waals surface area contributed by atoms with Crippen LogP contribution in [-0.2, 0) is 25.6 Å². The van der Waals surface area contributed by atoms with Crippen LogP contribution in [0.3, 0.4) is 0 Å². The zero-order chi connectivity index (χ0) is 6.08. The largest absolute Gasteiger partial charge is 4.00 e. The third kappa shape index (κ3) is 11.1. The van der Waals surface area contributed by atoms with Crippen LogP contribution in [0.1, 0.15) is 0 Å². The number of hydrogen-bond acceptors (Lipinski definition) is 3. The second-order valence-corrected chi connectivity index (χ2v) is 2.37. The minimum absolute atomic E-state index is 0. The van der Waals surface area contributed by atoms with Gasteiger partial charge in [0, 0.05) is 0 Å². The number of carbonyl (C=O) groups excluding carboxylic acids is 1. The van der Waals surface area contributed by atoms with Gasteiger partial charge in [-0.2, -0.15) is 0 Å². The SMILES string of the molecule is O=C([OH2+])P(=O)([O-])[OH2+].[NH2-].[NH2-].[Pt+4]. The summed E-state index contributed by atoms with van der Waals surface area (Å²) < 4.78 is 9.49. The van der Waals surface area contributed by atoms with Crippen molar-refractivity contribution in [1.82, 2.24) is 0 Å². The van der Waals surface area contributed by atoms with E-state index in [2.05, 4.69) is 0 Å². The second-order valence-electron chi connectivity index (χ2n) is 0.857. The van der Waals surface area contributed by atoms with E-state index in [1.807, 2.05) is 0 Å². The molecule has 0 aliphatic heterocycles. The van der Waals surface area contributed by atoms with Gasteiger partial charge in [0.2, 0.25) is 0 Å². The molecular formula is CH8N2O5PPt+3. The number of rotatable bonds is 1. The van der Waals surface area contributed by atoms with E-state index in [1.165, 1.54) is 0 Å². The van der Waals surface area contributed by atoms with Gasteiger partial charge in [0.25, 0.3) is 0 Å². The van der Waals surface area contributed by atoms with Gasteiger partial charge in [-0.15, -0.1) is 0 Å². The van der Waals surface area contributed by atoms with Crippen molar-refractivity contribution in [2.45, 2.75) is 0 Å². The van der Waals surface area contributed by atoms with Gasteiger partial charge in [-0.3, -0.25) is 0 Å². The molecule has 0 amide bonds. The third-order valence-electron chi connectivity index (χ3n) is 0.267. The fourth-order valence-electron chi connectivity index (χ4n) is 0. The van der Waals surface area contributed by atoms with Crippen LogP contribution in [0.2, 0.25) is 0 Å². The quantitative estimate of drug-likeness (QED) is 0.459. The standard InChI is InChI=1S/CH3O5P.2H2N.Pt/c2-1(3)7(4,5)6;;;/h(H,2,3)(H2,4,5,6);2*1H2;/q;2*-1;+4/p+1. The van der Waals surface area contributed by atoms with E-state index in [4.69, 9.17) is 10.00 Å². The summed E-state index contributed by atoms with van der Waals surface area (Å²) >= 11 is 0. The van der Waals surface area contributed by atoms with Crippen LogP contribution in [0, 0.1) is 0 Å². The zero-order valence-corrected chi connectivity index (χ0v) is 7.81. The van der Waals surface area contributed by atoms with Crippen LogP contribution in [0.15, 0.2) is 0 Å². The van der Waals surface area contributed by atoms with E-state index in [9.17, 15) is 14.3 Å². The Labute approximate surface area is 71.4 Å². The Morgan fingerprint density at radius 3 is 1.50 bits per heavy atom. The van der Waals surface area contributed by atoms with Crippen LogP contribution < -0.4 is 4.89 Å². The van der Waals surface area contributed by atoms with E-state index in [0.29, 0.717) is 0 Å². The Kier molecular flexibility index (Phi) is 16.5. The van der Waals surface area contributed by atoms with Crippen molar-refractivity contribution in [2.75, 3.05) is 0 Å². The molecule has 0 aliphatic carbocycles. The molecule has 1 unspecified atom stereocenters. The van der Waals surface area contributed by atoms with Gasteiger partial charge in [0.05, 0.1) is 4.79 Å². The van der Waals surface area contributed by atoms with E-state index in [1.54, 1.807) is 0 Å². The number of carbonyl (C=O) groups is 1. The second kappa shape index (κ2) is 7.34. The fraction of sp³-hybridized carbons (Fsp3) is 0. The van der Waals surface area contributed by atoms with Crippen LogP contribution in [0.25, 0.3) is 12.3 Å². The van der Waals surface area contributed by atoms with E-state index >= 15 is 0 Å². The number of hydrogen-bond donors (Lipinski definition) is 0. The molecule has 0 radical (unpaired) electrons. The van der Waals surface area contributed by atoms with Crippen LogP contribution in [0.4, 0.5) is 4.79 Å². The van der Waals surface area contributed by atoms with Gasteiger partial charge in [-0.25, -0.2) is 4.57 Å². The maximum absolute atomic E-state index is 9.49. The minimum Gasteiger partial charge on any atom is -0.723 e. The average Bonchev–Trinajstić information content (AvgIpc) is 1.31. The summed E-state index contributed by atoms with van der Waals surface area (Å²) in [5.74, 6) is 0. The Bertz CT molecular complexity index is 132. The van der Waals surface area contributed by atoms with E-state index in [0.717, 1.165) is 0 Å². The molecule has 0 heterocycles. The molecule has 64 valence electrons. The summed E-state index contributed by atoms with van der Waals surface area (Å²) in [4.78, 5) is 24.7. The average molecular weight is 354 g/mol. The zero-order valence-electron chi connectivity index (χ0n) is 4.64. The molecule has 0 spiro atoms. The van der Waals surface area contributed by atoms with Crippen molar-refractivity contribution in [2.24, 2.45) is 0 Å². The Morgan fingerprint density at radius 1 is 1.40 bits per heavy atom. The molecule has 0 aromatic carbocycles. The van der Waals surface area contributed by atoms with Gasteiger partial charge in [0.15, 0.2) is 0 Å². The van der Waals surface area contributed by atoms with Crippen molar-refractivity contribution in [3.05, 3.63) is 12.3 Å². The van der Waals surface area contributed by atoms with Crippen LogP contribution >= 0.6 is 7.60 Å². The molecule has 0 saturated heterocycles.